The quantitative estimate of drug-likeness (QED) is 0.0229. The molecule has 12 heterocycles. The first-order valence-corrected chi connectivity index (χ1v) is 40.6. The van der Waals surface area contributed by atoms with Gasteiger partial charge in [-0.1, -0.05) is 42.5 Å². The molecule has 26 heteroatoms. The van der Waals surface area contributed by atoms with Crippen LogP contribution in [0.3, 0.4) is 0 Å². The van der Waals surface area contributed by atoms with E-state index in [2.05, 4.69) is 52.3 Å². The second-order valence-corrected chi connectivity index (χ2v) is 30.5. The Labute approximate surface area is 649 Å². The Bertz CT molecular complexity index is 3870. The van der Waals surface area contributed by atoms with Crippen molar-refractivity contribution in [3.63, 3.8) is 0 Å². The van der Waals surface area contributed by atoms with Crippen molar-refractivity contribution in [1.82, 2.24) is 29.7 Å². The van der Waals surface area contributed by atoms with Crippen molar-refractivity contribution in [1.29, 1.82) is 0 Å². The molecule has 6 saturated heterocycles. The summed E-state index contributed by atoms with van der Waals surface area (Å²) < 4.78 is 90.4. The number of aliphatic carboxylic acids is 3. The number of nitrogens with one attached hydrogen (secondary N) is 3. The van der Waals surface area contributed by atoms with E-state index in [9.17, 15) is 38.5 Å². The highest BCUT2D eigenvalue weighted by Gasteiger charge is 2.41. The van der Waals surface area contributed by atoms with Gasteiger partial charge in [-0.25, -0.2) is 28.1 Å². The predicted molar refractivity (Wildman–Crippen MR) is 412 cm³/mol. The van der Waals surface area contributed by atoms with Crippen LogP contribution in [0.5, 0.6) is 0 Å². The number of benzene rings is 3. The number of nitrogens with zero attached hydrogens (tertiary/aromatic N) is 6. The largest absolute Gasteiger partial charge is 0.480 e. The molecule has 3 aromatic carbocycles. The molecule has 600 valence electrons. The molecule has 9 aliphatic rings. The lowest BCUT2D eigenvalue weighted by molar-refractivity contribution is -0.144. The van der Waals surface area contributed by atoms with Gasteiger partial charge in [0.15, 0.2) is 0 Å². The number of carboxylic acids is 3. The number of carboxylic acid groups (broad SMARTS) is 3. The van der Waals surface area contributed by atoms with Crippen molar-refractivity contribution in [3.8, 4) is 0 Å². The van der Waals surface area contributed by atoms with Crippen molar-refractivity contribution in [2.24, 2.45) is 0 Å². The van der Waals surface area contributed by atoms with Gasteiger partial charge in [0.25, 0.3) is 0 Å². The predicted octanol–water partition coefficient (Wildman–Crippen LogP) is 12.9. The van der Waals surface area contributed by atoms with Crippen molar-refractivity contribution >= 4 is 35.4 Å². The molecule has 0 amide bonds. The van der Waals surface area contributed by atoms with Crippen LogP contribution in [-0.4, -0.2) is 206 Å². The molecule has 9 aliphatic heterocycles. The van der Waals surface area contributed by atoms with E-state index in [0.29, 0.717) is 133 Å². The van der Waals surface area contributed by atoms with E-state index in [1.165, 1.54) is 47.0 Å². The number of unbranched alkanes of at least 4 members (excludes halogenated alkanes) is 3. The van der Waals surface area contributed by atoms with Crippen molar-refractivity contribution in [2.45, 2.75) is 190 Å². The van der Waals surface area contributed by atoms with E-state index in [1.807, 2.05) is 20.8 Å². The highest BCUT2D eigenvalue weighted by Crippen LogP contribution is 2.40. The molecule has 0 aliphatic carbocycles. The van der Waals surface area contributed by atoms with Gasteiger partial charge in [0.1, 0.15) is 65.2 Å². The number of pyridine rings is 3. The number of halogens is 3. The molecule has 6 N–H and O–H groups in total. The van der Waals surface area contributed by atoms with E-state index >= 15 is 4.39 Å². The number of fused-ring (bicyclic) bond motifs is 3. The second-order valence-electron chi connectivity index (χ2n) is 30.5. The summed E-state index contributed by atoms with van der Waals surface area (Å²) in [5, 5.41) is 40.6. The summed E-state index contributed by atoms with van der Waals surface area (Å²) >= 11 is 0. The third-order valence-corrected chi connectivity index (χ3v) is 22.6. The van der Waals surface area contributed by atoms with E-state index in [1.54, 1.807) is 18.2 Å². The fourth-order valence-electron chi connectivity index (χ4n) is 16.9. The highest BCUT2D eigenvalue weighted by atomic mass is 19.1. The minimum Gasteiger partial charge on any atom is -0.480 e. The lowest BCUT2D eigenvalue weighted by Crippen LogP contribution is -2.35. The van der Waals surface area contributed by atoms with Gasteiger partial charge in [-0.2, -0.15) is 0 Å². The van der Waals surface area contributed by atoms with Crippen molar-refractivity contribution in [3.05, 3.63) is 176 Å². The lowest BCUT2D eigenvalue weighted by Gasteiger charge is -2.30. The molecule has 23 nitrogen and oxygen atoms in total. The maximum Gasteiger partial charge on any atom is 0.325 e. The Hall–Kier alpha value is -7.73. The second kappa shape index (κ2) is 40.8. The summed E-state index contributed by atoms with van der Waals surface area (Å²) in [4.78, 5) is 57.0. The summed E-state index contributed by atoms with van der Waals surface area (Å²) in [6.45, 7) is 11.2. The van der Waals surface area contributed by atoms with E-state index in [4.69, 9.17) is 52.8 Å². The van der Waals surface area contributed by atoms with Crippen LogP contribution in [0.1, 0.15) is 200 Å². The maximum absolute atomic E-state index is 15.1. The van der Waals surface area contributed by atoms with Crippen LogP contribution in [0.4, 0.5) is 30.6 Å². The van der Waals surface area contributed by atoms with E-state index < -0.39 is 65.7 Å². The summed E-state index contributed by atoms with van der Waals surface area (Å²) in [6, 6.07) is 23.4. The van der Waals surface area contributed by atoms with E-state index in [-0.39, 0.29) is 30.0 Å². The van der Waals surface area contributed by atoms with Crippen LogP contribution in [0.15, 0.2) is 91.0 Å². The van der Waals surface area contributed by atoms with Crippen LogP contribution in [0.2, 0.25) is 0 Å². The van der Waals surface area contributed by atoms with Gasteiger partial charge in [-0.05, 0) is 228 Å². The van der Waals surface area contributed by atoms with Crippen molar-refractivity contribution < 1.29 is 80.8 Å². The van der Waals surface area contributed by atoms with Gasteiger partial charge < -0.3 is 69.2 Å². The summed E-state index contributed by atoms with van der Waals surface area (Å²) in [6.07, 6.45) is 19.0. The summed E-state index contributed by atoms with van der Waals surface area (Å²) in [5.41, 5.74) is 10.3. The molecule has 3 unspecified atom stereocenters. The summed E-state index contributed by atoms with van der Waals surface area (Å²) in [5.74, 6) is -1.34. The number of hydrogen-bond donors (Lipinski definition) is 6. The highest BCUT2D eigenvalue weighted by molar-refractivity contribution is 5.78. The smallest absolute Gasteiger partial charge is 0.325 e. The molecular formula is C85H110F3N9O14. The van der Waals surface area contributed by atoms with Gasteiger partial charge >= 0.3 is 17.9 Å². The molecule has 111 heavy (non-hydrogen) atoms. The number of likely N-dealkylation sites (tertiary alicyclic amines) is 3. The van der Waals surface area contributed by atoms with Gasteiger partial charge in [0.2, 0.25) is 0 Å². The molecule has 0 spiro atoms. The third-order valence-electron chi connectivity index (χ3n) is 22.6. The molecule has 3 aromatic heterocycles. The van der Waals surface area contributed by atoms with Gasteiger partial charge in [-0.3, -0.25) is 29.1 Å². The standard InChI is InChI=1S/C29H38FN3O4.2C28H36FN3O5/c30-24-10-5-9-23(25-11-2-4-18-37-25)26(24)27(29(34)35)33-16-14-22(19-33)36-17-3-1-8-21-13-12-20-7-6-15-31-28(20)32-21;2*29-20-7-9-23(25-18-35-14-15-37-25)24(16-20)26(28(33)34)32-12-10-22(17-32)36-13-2-1-5-21-8-6-19-4-3-11-30-27(19)31-21/h5,9-10,12-13,22,25,27H,1-4,6-8,11,14-19H2,(H,31,32)(H,34,35);2*6-9,16,22,25-26H,1-5,10-15,17-18H2,(H,30,31)(H,33,34)/t22-,25?,27+;22-,25?,26+;22-,25?,26-/m111/s1. The van der Waals surface area contributed by atoms with Gasteiger partial charge in [0, 0.05) is 108 Å². The zero-order chi connectivity index (χ0) is 76.8. The SMILES string of the molecule is O=C(O)[C@@H](c1cc(F)ccc1C1COCCO1)N1CC[C@@H](OCCCCc2ccc3c(n2)NCCC3)C1.O=C(O)[C@H](c1c(F)cccc1C1CCCCO1)N1CC[C@@H](OCCCCc2ccc3c(n2)NCCC3)C1.O=C(O)[C@H](c1cc(F)ccc1C1COCCO1)N1CC[C@@H](OCCCCc2ccc3c(n2)NCCC3)C1. The molecular weight excluding hydrogens is 1430 g/mol. The number of aryl methyl sites for hydroxylation is 6. The first-order chi connectivity index (χ1) is 54.3. The Kier molecular flexibility index (Phi) is 29.9. The van der Waals surface area contributed by atoms with E-state index in [0.717, 1.165) is 189 Å². The number of carbonyl (C=O) groups is 3. The van der Waals surface area contributed by atoms with Crippen molar-refractivity contribution in [2.75, 3.05) is 141 Å². The summed E-state index contributed by atoms with van der Waals surface area (Å²) in [7, 11) is 0. The zero-order valence-corrected chi connectivity index (χ0v) is 63.8. The van der Waals surface area contributed by atoms with Crippen LogP contribution >= 0.6 is 0 Å². The number of anilines is 3. The maximum atomic E-state index is 15.1. The number of hydrogen-bond acceptors (Lipinski definition) is 20. The van der Waals surface area contributed by atoms with Crippen LogP contribution in [0.25, 0.3) is 0 Å². The van der Waals surface area contributed by atoms with Gasteiger partial charge in [-0.15, -0.1) is 0 Å². The monoisotopic (exact) mass is 1540 g/mol. The topological polar surface area (TPSA) is 270 Å². The molecule has 6 aromatic rings. The average Bonchev–Trinajstić information content (AvgIpc) is 1.24. The zero-order valence-electron chi connectivity index (χ0n) is 63.8. The fourth-order valence-corrected chi connectivity index (χ4v) is 16.9. The fraction of sp³-hybridized carbons (Fsp3) is 0.576. The van der Waals surface area contributed by atoms with Crippen LogP contribution in [0, 0.1) is 17.5 Å². The van der Waals surface area contributed by atoms with Gasteiger partial charge in [0.05, 0.1) is 64.1 Å². The van der Waals surface area contributed by atoms with Crippen LogP contribution < -0.4 is 16.0 Å². The number of rotatable bonds is 30. The molecule has 0 radical (unpaired) electrons. The Morgan fingerprint density at radius 2 is 0.865 bits per heavy atom. The molecule has 0 saturated carbocycles. The minimum atomic E-state index is -1.04. The normalized spacial score (nSPS) is 22.8. The first-order valence-electron chi connectivity index (χ1n) is 40.6. The Morgan fingerprint density at radius 3 is 1.25 bits per heavy atom. The lowest BCUT2D eigenvalue weighted by atomic mass is 9.91. The molecule has 15 rings (SSSR count). The molecule has 6 fully saturated rings. The Balaban J connectivity index is 0.000000146. The number of ether oxygens (including phenoxy) is 8. The third kappa shape index (κ3) is 22.2. The molecule has 0 bridgehead atoms. The minimum absolute atomic E-state index is 0.0424. The number of aromatic nitrogens is 3. The molecule has 9 atom stereocenters. The average molecular weight is 1540 g/mol. The Morgan fingerprint density at radius 1 is 0.450 bits per heavy atom. The first kappa shape index (κ1) is 81.3. The van der Waals surface area contributed by atoms with Crippen LogP contribution in [-0.2, 0) is 90.8 Å².